The number of hydrogen-bond donors (Lipinski definition) is 1. The molecule has 0 aliphatic heterocycles. The summed E-state index contributed by atoms with van der Waals surface area (Å²) >= 11 is 0. The Morgan fingerprint density at radius 2 is 1.65 bits per heavy atom. The van der Waals surface area contributed by atoms with Gasteiger partial charge in [0.2, 0.25) is 0 Å². The Kier molecular flexibility index (Phi) is 5.99. The molecule has 4 aromatic rings. The van der Waals surface area contributed by atoms with E-state index < -0.39 is 0 Å². The Balaban J connectivity index is 1.90. The maximum atomic E-state index is 13.7. The molecule has 4 nitrogen and oxygen atoms in total. The third-order valence-electron chi connectivity index (χ3n) is 5.57. The molecule has 0 aliphatic carbocycles. The predicted molar refractivity (Wildman–Crippen MR) is 125 cm³/mol. The molecule has 0 bridgehead atoms. The topological polar surface area (TPSA) is 51.2 Å². The zero-order chi connectivity index (χ0) is 21.8. The zero-order valence-electron chi connectivity index (χ0n) is 18.1. The van der Waals surface area contributed by atoms with Crippen LogP contribution in [-0.4, -0.2) is 18.0 Å². The summed E-state index contributed by atoms with van der Waals surface area (Å²) in [6.45, 7) is 4.07. The van der Waals surface area contributed by atoms with Gasteiger partial charge >= 0.3 is 0 Å². The van der Waals surface area contributed by atoms with E-state index in [1.54, 1.807) is 7.11 Å². The van der Waals surface area contributed by atoms with Crippen LogP contribution in [0.4, 0.5) is 0 Å². The fraction of sp³-hybridized carbons (Fsp3) is 0.185. The molecule has 1 N–H and O–H groups in total. The van der Waals surface area contributed by atoms with Crippen LogP contribution in [0.3, 0.4) is 0 Å². The first-order valence-electron chi connectivity index (χ1n) is 10.5. The second-order valence-electron chi connectivity index (χ2n) is 7.55. The highest BCUT2D eigenvalue weighted by Gasteiger charge is 2.25. The summed E-state index contributed by atoms with van der Waals surface area (Å²) in [6.07, 6.45) is 0.783. The van der Waals surface area contributed by atoms with E-state index in [2.05, 4.69) is 12.2 Å². The Labute approximate surface area is 182 Å². The minimum atomic E-state index is -0.161. The molecule has 1 amide bonds. The number of fused-ring (bicyclic) bond motifs is 1. The van der Waals surface area contributed by atoms with E-state index in [0.717, 1.165) is 34.0 Å². The number of nitrogens with zero attached hydrogens (tertiary/aromatic N) is 1. The maximum Gasteiger partial charge on any atom is 0.256 e. The van der Waals surface area contributed by atoms with Crippen LogP contribution in [0.5, 0.6) is 5.75 Å². The number of hydrogen-bond acceptors (Lipinski definition) is 3. The van der Waals surface area contributed by atoms with Gasteiger partial charge in [-0.1, -0.05) is 79.7 Å². The van der Waals surface area contributed by atoms with Gasteiger partial charge in [-0.3, -0.25) is 4.79 Å². The number of methoxy groups -OCH3 is 1. The molecular weight excluding hydrogens is 384 g/mol. The molecule has 4 heteroatoms. The van der Waals surface area contributed by atoms with Crippen LogP contribution in [0.25, 0.3) is 22.2 Å². The molecule has 1 aromatic heterocycles. The lowest BCUT2D eigenvalue weighted by molar-refractivity contribution is 0.0934. The molecule has 0 unspecified atom stereocenters. The molecule has 0 radical (unpaired) electrons. The fourth-order valence-electron chi connectivity index (χ4n) is 4.02. The lowest BCUT2D eigenvalue weighted by Gasteiger charge is -2.21. The Hall–Kier alpha value is -3.66. The van der Waals surface area contributed by atoms with Gasteiger partial charge in [0.15, 0.2) is 5.75 Å². The van der Waals surface area contributed by atoms with Crippen molar-refractivity contribution in [2.75, 3.05) is 7.11 Å². The van der Waals surface area contributed by atoms with Crippen molar-refractivity contribution >= 4 is 16.8 Å². The monoisotopic (exact) mass is 410 g/mol. The lowest BCUT2D eigenvalue weighted by Crippen LogP contribution is -2.29. The highest BCUT2D eigenvalue weighted by atomic mass is 16.5. The number of carbonyl (C=O) groups excluding carboxylic acids is 1. The third-order valence-corrected chi connectivity index (χ3v) is 5.57. The molecule has 156 valence electrons. The van der Waals surface area contributed by atoms with Crippen LogP contribution in [0, 0.1) is 6.92 Å². The first-order valence-corrected chi connectivity index (χ1v) is 10.5. The average molecular weight is 411 g/mol. The van der Waals surface area contributed by atoms with Crippen LogP contribution >= 0.6 is 0 Å². The van der Waals surface area contributed by atoms with E-state index in [9.17, 15) is 4.79 Å². The van der Waals surface area contributed by atoms with Crippen molar-refractivity contribution < 1.29 is 9.53 Å². The van der Waals surface area contributed by atoms with Gasteiger partial charge in [-0.05, 0) is 30.5 Å². The highest BCUT2D eigenvalue weighted by molar-refractivity contribution is 6.11. The van der Waals surface area contributed by atoms with Crippen LogP contribution in [0.2, 0.25) is 0 Å². The first kappa shape index (κ1) is 20.6. The Morgan fingerprint density at radius 3 is 2.29 bits per heavy atom. The smallest absolute Gasteiger partial charge is 0.256 e. The number of nitrogens with one attached hydrogen (secondary N) is 1. The van der Waals surface area contributed by atoms with Crippen molar-refractivity contribution in [1.82, 2.24) is 10.3 Å². The van der Waals surface area contributed by atoms with Gasteiger partial charge in [0, 0.05) is 10.9 Å². The van der Waals surface area contributed by atoms with Crippen LogP contribution < -0.4 is 10.1 Å². The molecule has 0 fully saturated rings. The van der Waals surface area contributed by atoms with Crippen LogP contribution in [0.1, 0.15) is 40.9 Å². The SMILES string of the molecule is CC[C@H](NC(=O)c1c(OC)c(-c2ccccc2)nc2cccc(C)c12)c1ccccc1. The summed E-state index contributed by atoms with van der Waals surface area (Å²) in [5, 5.41) is 4.04. The van der Waals surface area contributed by atoms with Crippen LogP contribution in [0.15, 0.2) is 78.9 Å². The predicted octanol–water partition coefficient (Wildman–Crippen LogP) is 6.10. The van der Waals surface area contributed by atoms with Crippen LogP contribution in [-0.2, 0) is 0 Å². The molecule has 31 heavy (non-hydrogen) atoms. The minimum Gasteiger partial charge on any atom is -0.494 e. The normalized spacial score (nSPS) is 11.8. The summed E-state index contributed by atoms with van der Waals surface area (Å²) in [5.74, 6) is 0.333. The molecule has 1 atom stereocenters. The molecular formula is C27H26N2O2. The van der Waals surface area contributed by atoms with Crippen molar-refractivity contribution in [1.29, 1.82) is 0 Å². The number of pyridine rings is 1. The molecule has 0 spiro atoms. The van der Waals surface area contributed by atoms with E-state index in [1.165, 1.54) is 0 Å². The number of ether oxygens (including phenoxy) is 1. The molecule has 3 aromatic carbocycles. The first-order chi connectivity index (χ1) is 15.1. The van der Waals surface area contributed by atoms with Gasteiger partial charge < -0.3 is 10.1 Å². The number of carbonyl (C=O) groups is 1. The highest BCUT2D eigenvalue weighted by Crippen LogP contribution is 2.37. The largest absolute Gasteiger partial charge is 0.494 e. The second-order valence-corrected chi connectivity index (χ2v) is 7.55. The van der Waals surface area contributed by atoms with Crippen molar-refractivity contribution in [3.8, 4) is 17.0 Å². The summed E-state index contributed by atoms with van der Waals surface area (Å²) in [6, 6.07) is 25.7. The van der Waals surface area contributed by atoms with E-state index in [0.29, 0.717) is 17.0 Å². The van der Waals surface area contributed by atoms with E-state index in [4.69, 9.17) is 9.72 Å². The molecule has 0 aliphatic rings. The van der Waals surface area contributed by atoms with Crippen molar-refractivity contribution in [2.24, 2.45) is 0 Å². The molecule has 0 saturated heterocycles. The van der Waals surface area contributed by atoms with E-state index >= 15 is 0 Å². The Bertz CT molecular complexity index is 1200. The standard InChI is InChI=1S/C27H26N2O2/c1-4-21(19-13-7-5-8-14-19)29-27(30)24-23-18(2)12-11-17-22(23)28-25(26(24)31-3)20-15-9-6-10-16-20/h5-17,21H,4H2,1-3H3,(H,29,30)/t21-/m0/s1. The number of benzene rings is 3. The minimum absolute atomic E-state index is 0.0918. The van der Waals surface area contributed by atoms with Crippen molar-refractivity contribution in [3.05, 3.63) is 95.6 Å². The molecule has 4 rings (SSSR count). The Morgan fingerprint density at radius 1 is 0.968 bits per heavy atom. The van der Waals surface area contributed by atoms with Crippen molar-refractivity contribution in [2.45, 2.75) is 26.3 Å². The van der Waals surface area contributed by atoms with Gasteiger partial charge in [0.25, 0.3) is 5.91 Å². The van der Waals surface area contributed by atoms with Gasteiger partial charge in [0.05, 0.1) is 24.2 Å². The fourth-order valence-corrected chi connectivity index (χ4v) is 4.02. The summed E-state index contributed by atoms with van der Waals surface area (Å²) in [4.78, 5) is 18.6. The van der Waals surface area contributed by atoms with Crippen molar-refractivity contribution in [3.63, 3.8) is 0 Å². The average Bonchev–Trinajstić information content (AvgIpc) is 2.82. The third kappa shape index (κ3) is 4.02. The maximum absolute atomic E-state index is 13.7. The van der Waals surface area contributed by atoms with Gasteiger partial charge in [-0.2, -0.15) is 0 Å². The quantitative estimate of drug-likeness (QED) is 0.418. The summed E-state index contributed by atoms with van der Waals surface area (Å²) in [7, 11) is 1.60. The second kappa shape index (κ2) is 9.00. The van der Waals surface area contributed by atoms with E-state index in [1.807, 2.05) is 85.8 Å². The molecule has 1 heterocycles. The number of aryl methyl sites for hydroxylation is 1. The zero-order valence-corrected chi connectivity index (χ0v) is 18.1. The summed E-state index contributed by atoms with van der Waals surface area (Å²) in [5.41, 5.74) is 4.94. The summed E-state index contributed by atoms with van der Waals surface area (Å²) < 4.78 is 5.81. The molecule has 0 saturated carbocycles. The van der Waals surface area contributed by atoms with E-state index in [-0.39, 0.29) is 11.9 Å². The number of amides is 1. The van der Waals surface area contributed by atoms with Gasteiger partial charge in [-0.15, -0.1) is 0 Å². The van der Waals surface area contributed by atoms with Gasteiger partial charge in [0.1, 0.15) is 5.69 Å². The lowest BCUT2D eigenvalue weighted by atomic mass is 9.97. The van der Waals surface area contributed by atoms with Gasteiger partial charge in [-0.25, -0.2) is 4.98 Å². The number of rotatable bonds is 6. The number of aromatic nitrogens is 1.